The fourth-order valence-corrected chi connectivity index (χ4v) is 1.69. The standard InChI is InChI=1S/C9H16O/c1-3-8-5-4-7(2)6-9(8)10/h7-8H,3-6H2,1-2H3/t7-,8+/m0/s1. The Morgan fingerprint density at radius 2 is 2.20 bits per heavy atom. The topological polar surface area (TPSA) is 17.1 Å². The fourth-order valence-electron chi connectivity index (χ4n) is 1.69. The smallest absolute Gasteiger partial charge is 0.136 e. The van der Waals surface area contributed by atoms with Crippen LogP contribution in [-0.4, -0.2) is 5.78 Å². The Morgan fingerprint density at radius 3 is 2.70 bits per heavy atom. The van der Waals surface area contributed by atoms with Crippen LogP contribution >= 0.6 is 0 Å². The molecule has 58 valence electrons. The first-order chi connectivity index (χ1) is 4.74. The van der Waals surface area contributed by atoms with Gasteiger partial charge in [-0.15, -0.1) is 0 Å². The Kier molecular flexibility index (Phi) is 2.47. The number of carbonyl (C=O) groups excluding carboxylic acids is 1. The molecule has 1 aliphatic rings. The minimum atomic E-state index is 0.399. The van der Waals surface area contributed by atoms with E-state index < -0.39 is 0 Å². The highest BCUT2D eigenvalue weighted by atomic mass is 16.1. The van der Waals surface area contributed by atoms with Gasteiger partial charge in [-0.25, -0.2) is 0 Å². The Balaban J connectivity index is 2.43. The van der Waals surface area contributed by atoms with Gasteiger partial charge in [0.15, 0.2) is 0 Å². The molecule has 0 amide bonds. The number of Topliss-reactive ketones (excluding diaryl/α,β-unsaturated/α-hetero) is 1. The minimum absolute atomic E-state index is 0.399. The van der Waals surface area contributed by atoms with Crippen molar-refractivity contribution in [2.75, 3.05) is 0 Å². The van der Waals surface area contributed by atoms with Crippen LogP contribution in [0.4, 0.5) is 0 Å². The van der Waals surface area contributed by atoms with E-state index in [0.717, 1.165) is 19.3 Å². The van der Waals surface area contributed by atoms with Crippen LogP contribution in [-0.2, 0) is 4.79 Å². The van der Waals surface area contributed by atoms with Crippen molar-refractivity contribution >= 4 is 5.78 Å². The molecule has 2 atom stereocenters. The summed E-state index contributed by atoms with van der Waals surface area (Å²) < 4.78 is 0. The first-order valence-electron chi connectivity index (χ1n) is 4.26. The molecular weight excluding hydrogens is 124 g/mol. The van der Waals surface area contributed by atoms with Gasteiger partial charge in [0.1, 0.15) is 5.78 Å². The predicted octanol–water partition coefficient (Wildman–Crippen LogP) is 2.40. The maximum Gasteiger partial charge on any atom is 0.136 e. The molecule has 0 aliphatic heterocycles. The lowest BCUT2D eigenvalue weighted by molar-refractivity contribution is -0.125. The first-order valence-corrected chi connectivity index (χ1v) is 4.26. The monoisotopic (exact) mass is 140 g/mol. The van der Waals surface area contributed by atoms with Gasteiger partial charge in [-0.2, -0.15) is 0 Å². The molecule has 0 radical (unpaired) electrons. The van der Waals surface area contributed by atoms with E-state index in [1.807, 2.05) is 0 Å². The second-order valence-corrected chi connectivity index (χ2v) is 3.46. The second-order valence-electron chi connectivity index (χ2n) is 3.46. The molecule has 0 spiro atoms. The zero-order valence-corrected chi connectivity index (χ0v) is 6.89. The van der Waals surface area contributed by atoms with Crippen molar-refractivity contribution in [3.05, 3.63) is 0 Å². The average molecular weight is 140 g/mol. The maximum atomic E-state index is 11.2. The third kappa shape index (κ3) is 1.59. The molecule has 0 unspecified atom stereocenters. The third-order valence-electron chi connectivity index (χ3n) is 2.51. The van der Waals surface area contributed by atoms with Crippen LogP contribution in [0.2, 0.25) is 0 Å². The van der Waals surface area contributed by atoms with Crippen LogP contribution in [0, 0.1) is 11.8 Å². The normalized spacial score (nSPS) is 34.4. The lowest BCUT2D eigenvalue weighted by Gasteiger charge is -2.23. The quantitative estimate of drug-likeness (QED) is 0.546. The number of hydrogen-bond donors (Lipinski definition) is 0. The molecule has 0 saturated heterocycles. The molecule has 1 aliphatic carbocycles. The first kappa shape index (κ1) is 7.77. The van der Waals surface area contributed by atoms with Gasteiger partial charge in [-0.05, 0) is 25.2 Å². The van der Waals surface area contributed by atoms with Gasteiger partial charge in [-0.3, -0.25) is 4.79 Å². The van der Waals surface area contributed by atoms with E-state index in [2.05, 4.69) is 13.8 Å². The molecule has 1 nitrogen and oxygen atoms in total. The van der Waals surface area contributed by atoms with E-state index in [1.165, 1.54) is 6.42 Å². The van der Waals surface area contributed by atoms with Crippen molar-refractivity contribution in [3.8, 4) is 0 Å². The number of ketones is 1. The molecule has 0 heterocycles. The van der Waals surface area contributed by atoms with Gasteiger partial charge >= 0.3 is 0 Å². The average Bonchev–Trinajstić information content (AvgIpc) is 1.88. The molecule has 0 bridgehead atoms. The molecular formula is C9H16O. The van der Waals surface area contributed by atoms with Crippen molar-refractivity contribution in [2.45, 2.75) is 39.5 Å². The van der Waals surface area contributed by atoms with Gasteiger partial charge in [0.05, 0.1) is 0 Å². The van der Waals surface area contributed by atoms with E-state index in [0.29, 0.717) is 17.6 Å². The van der Waals surface area contributed by atoms with Crippen LogP contribution in [0.3, 0.4) is 0 Å². The summed E-state index contributed by atoms with van der Waals surface area (Å²) >= 11 is 0. The van der Waals surface area contributed by atoms with Crippen molar-refractivity contribution in [1.29, 1.82) is 0 Å². The highest BCUT2D eigenvalue weighted by Gasteiger charge is 2.24. The summed E-state index contributed by atoms with van der Waals surface area (Å²) in [5, 5.41) is 0. The summed E-state index contributed by atoms with van der Waals surface area (Å²) in [7, 11) is 0. The van der Waals surface area contributed by atoms with Crippen LogP contribution in [0.25, 0.3) is 0 Å². The Hall–Kier alpha value is -0.330. The van der Waals surface area contributed by atoms with Crippen LogP contribution < -0.4 is 0 Å². The highest BCUT2D eigenvalue weighted by molar-refractivity contribution is 5.81. The molecule has 10 heavy (non-hydrogen) atoms. The third-order valence-corrected chi connectivity index (χ3v) is 2.51. The largest absolute Gasteiger partial charge is 0.299 e. The van der Waals surface area contributed by atoms with E-state index in [4.69, 9.17) is 0 Å². The molecule has 1 saturated carbocycles. The van der Waals surface area contributed by atoms with Gasteiger partial charge in [0.25, 0.3) is 0 Å². The lowest BCUT2D eigenvalue weighted by Crippen LogP contribution is -2.22. The molecule has 1 heteroatoms. The Labute approximate surface area is 62.8 Å². The van der Waals surface area contributed by atoms with E-state index in [9.17, 15) is 4.79 Å². The maximum absolute atomic E-state index is 11.2. The lowest BCUT2D eigenvalue weighted by atomic mass is 9.81. The van der Waals surface area contributed by atoms with Gasteiger partial charge < -0.3 is 0 Å². The van der Waals surface area contributed by atoms with Crippen LogP contribution in [0.15, 0.2) is 0 Å². The second kappa shape index (κ2) is 3.18. The summed E-state index contributed by atoms with van der Waals surface area (Å²) in [5.41, 5.74) is 0. The molecule has 0 aromatic rings. The summed E-state index contributed by atoms with van der Waals surface area (Å²) in [4.78, 5) is 11.2. The zero-order valence-electron chi connectivity index (χ0n) is 6.89. The summed E-state index contributed by atoms with van der Waals surface area (Å²) in [5.74, 6) is 1.55. The molecule has 0 aromatic heterocycles. The Bertz CT molecular complexity index is 129. The zero-order chi connectivity index (χ0) is 7.56. The van der Waals surface area contributed by atoms with Gasteiger partial charge in [-0.1, -0.05) is 13.8 Å². The van der Waals surface area contributed by atoms with E-state index >= 15 is 0 Å². The molecule has 0 N–H and O–H groups in total. The van der Waals surface area contributed by atoms with Crippen molar-refractivity contribution in [3.63, 3.8) is 0 Å². The van der Waals surface area contributed by atoms with Gasteiger partial charge in [0.2, 0.25) is 0 Å². The summed E-state index contributed by atoms with van der Waals surface area (Å²) in [6.45, 7) is 4.28. The molecule has 1 rings (SSSR count). The van der Waals surface area contributed by atoms with Crippen molar-refractivity contribution in [2.24, 2.45) is 11.8 Å². The number of carbonyl (C=O) groups is 1. The minimum Gasteiger partial charge on any atom is -0.299 e. The van der Waals surface area contributed by atoms with Crippen LogP contribution in [0.1, 0.15) is 39.5 Å². The predicted molar refractivity (Wildman–Crippen MR) is 41.8 cm³/mol. The van der Waals surface area contributed by atoms with Crippen LogP contribution in [0.5, 0.6) is 0 Å². The van der Waals surface area contributed by atoms with Crippen molar-refractivity contribution in [1.82, 2.24) is 0 Å². The number of rotatable bonds is 1. The summed E-state index contributed by atoms with van der Waals surface area (Å²) in [6.07, 6.45) is 4.27. The van der Waals surface area contributed by atoms with E-state index in [-0.39, 0.29) is 0 Å². The Morgan fingerprint density at radius 1 is 1.50 bits per heavy atom. The molecule has 1 fully saturated rings. The fraction of sp³-hybridized carbons (Fsp3) is 0.889. The summed E-state index contributed by atoms with van der Waals surface area (Å²) in [6, 6.07) is 0. The highest BCUT2D eigenvalue weighted by Crippen LogP contribution is 2.26. The van der Waals surface area contributed by atoms with E-state index in [1.54, 1.807) is 0 Å². The SMILES string of the molecule is CC[C@@H]1CC[C@H](C)CC1=O. The van der Waals surface area contributed by atoms with Crippen molar-refractivity contribution < 1.29 is 4.79 Å². The number of hydrogen-bond acceptors (Lipinski definition) is 1. The van der Waals surface area contributed by atoms with Gasteiger partial charge in [0, 0.05) is 12.3 Å². The molecule has 0 aromatic carbocycles.